The lowest BCUT2D eigenvalue weighted by molar-refractivity contribution is -0.201. The van der Waals surface area contributed by atoms with Crippen LogP contribution >= 0.6 is 11.8 Å². The summed E-state index contributed by atoms with van der Waals surface area (Å²) in [6.45, 7) is 7.06. The maximum absolute atomic E-state index is 13.7. The zero-order valence-electron chi connectivity index (χ0n) is 24.2. The Morgan fingerprint density at radius 1 is 1.29 bits per heavy atom. The van der Waals surface area contributed by atoms with Crippen LogP contribution in [-0.4, -0.2) is 58.8 Å². The number of carbonyl (C=O) groups excluding carboxylic acids is 2. The Morgan fingerprint density at radius 3 is 2.74 bits per heavy atom. The van der Waals surface area contributed by atoms with Crippen molar-refractivity contribution in [3.8, 4) is 0 Å². The third kappa shape index (κ3) is 4.35. The molecule has 7 unspecified atom stereocenters. The van der Waals surface area contributed by atoms with Crippen molar-refractivity contribution in [2.24, 2.45) is 39.3 Å². The Labute approximate surface area is 251 Å². The van der Waals surface area contributed by atoms with E-state index in [1.54, 1.807) is 18.4 Å². The third-order valence-corrected chi connectivity index (χ3v) is 11.7. The molecule has 4 fully saturated rings. The lowest BCUT2D eigenvalue weighted by atomic mass is 9.46. The van der Waals surface area contributed by atoms with Crippen LogP contribution in [0, 0.1) is 28.6 Å². The zero-order chi connectivity index (χ0) is 29.9. The van der Waals surface area contributed by atoms with Crippen LogP contribution in [0.4, 0.5) is 0 Å². The number of hydrogen-bond donors (Lipinski definition) is 3. The van der Waals surface area contributed by atoms with Crippen LogP contribution in [0.15, 0.2) is 64.2 Å². The van der Waals surface area contributed by atoms with Gasteiger partial charge in [0, 0.05) is 45.7 Å². The van der Waals surface area contributed by atoms with Gasteiger partial charge in [0.15, 0.2) is 23.5 Å². The average molecular weight is 593 g/mol. The predicted molar refractivity (Wildman–Crippen MR) is 161 cm³/mol. The Kier molecular flexibility index (Phi) is 7.73. The molecule has 4 N–H and O–H groups in total. The summed E-state index contributed by atoms with van der Waals surface area (Å²) in [4.78, 5) is 30.8. The standard InChI is InChI=1S/C33H40N2O6S/c1-31-11-10-22(37)13-21(31)8-9-24-25-14-28-33(27(39)17-36,32(25,2)15-26(38)29(24)31)41-30(40-28)20-6-4-19(5-7-20)12-23(16-35-3)42-18-34/h4-7,10-11,13,16,24-26,28-30,36,38H,3,8-9,12,14-15,17-18,34H2,1-2H3/b23-16-/t24?,25?,26?,28-,29?,30-,31?,32?,33?/m1/s1. The molecular formula is C33H40N2O6S. The van der Waals surface area contributed by atoms with E-state index in [0.29, 0.717) is 25.1 Å². The van der Waals surface area contributed by atoms with Crippen molar-refractivity contribution in [1.29, 1.82) is 0 Å². The van der Waals surface area contributed by atoms with Crippen LogP contribution in [0.2, 0.25) is 0 Å². The molecule has 9 atom stereocenters. The first-order valence-electron chi connectivity index (χ1n) is 14.8. The first-order valence-corrected chi connectivity index (χ1v) is 15.8. The van der Waals surface area contributed by atoms with Crippen molar-refractivity contribution in [2.45, 2.75) is 70.1 Å². The average Bonchev–Trinajstić information content (AvgIpc) is 3.46. The topological polar surface area (TPSA) is 131 Å². The smallest absolute Gasteiger partial charge is 0.193 e. The molecule has 0 radical (unpaired) electrons. The maximum atomic E-state index is 13.7. The summed E-state index contributed by atoms with van der Waals surface area (Å²) in [7, 11) is 0. The van der Waals surface area contributed by atoms with E-state index in [1.165, 1.54) is 11.8 Å². The highest BCUT2D eigenvalue weighted by Gasteiger charge is 2.75. The van der Waals surface area contributed by atoms with Crippen molar-refractivity contribution in [2.75, 3.05) is 12.5 Å². The van der Waals surface area contributed by atoms with Gasteiger partial charge in [0.1, 0.15) is 6.61 Å². The lowest BCUT2D eigenvalue weighted by Crippen LogP contribution is -2.63. The van der Waals surface area contributed by atoms with Gasteiger partial charge in [-0.05, 0) is 62.0 Å². The molecule has 1 saturated heterocycles. The summed E-state index contributed by atoms with van der Waals surface area (Å²) in [5.74, 6) is 0.170. The lowest BCUT2D eigenvalue weighted by Gasteiger charge is -2.59. The fourth-order valence-electron chi connectivity index (χ4n) is 9.17. The molecule has 5 aliphatic rings. The molecule has 1 aliphatic heterocycles. The largest absolute Gasteiger partial charge is 0.393 e. The van der Waals surface area contributed by atoms with E-state index < -0.39 is 47.3 Å². The molecule has 6 rings (SSSR count). The van der Waals surface area contributed by atoms with Gasteiger partial charge in [-0.2, -0.15) is 0 Å². The summed E-state index contributed by atoms with van der Waals surface area (Å²) in [5, 5.41) is 22.0. The number of hydrogen-bond acceptors (Lipinski definition) is 9. The van der Waals surface area contributed by atoms with E-state index in [4.69, 9.17) is 15.2 Å². The number of thioether (sulfide) groups is 1. The number of aliphatic hydroxyl groups is 2. The molecule has 8 nitrogen and oxygen atoms in total. The van der Waals surface area contributed by atoms with E-state index in [2.05, 4.69) is 18.6 Å². The molecular weight excluding hydrogens is 552 g/mol. The van der Waals surface area contributed by atoms with Crippen molar-refractivity contribution in [3.05, 3.63) is 70.3 Å². The number of aliphatic hydroxyl groups excluding tert-OH is 2. The van der Waals surface area contributed by atoms with E-state index in [0.717, 1.165) is 34.4 Å². The highest BCUT2D eigenvalue weighted by Crippen LogP contribution is 2.70. The van der Waals surface area contributed by atoms with Gasteiger partial charge in [0.05, 0.1) is 12.2 Å². The third-order valence-electron chi connectivity index (χ3n) is 10.9. The van der Waals surface area contributed by atoms with Gasteiger partial charge in [-0.15, -0.1) is 11.8 Å². The van der Waals surface area contributed by atoms with Crippen LogP contribution in [-0.2, 0) is 25.5 Å². The predicted octanol–water partition coefficient (Wildman–Crippen LogP) is 4.02. The molecule has 42 heavy (non-hydrogen) atoms. The number of allylic oxidation sites excluding steroid dienone is 5. The maximum Gasteiger partial charge on any atom is 0.193 e. The minimum absolute atomic E-state index is 0.0000404. The Bertz CT molecular complexity index is 1370. The molecule has 224 valence electrons. The van der Waals surface area contributed by atoms with Crippen molar-refractivity contribution < 1.29 is 29.3 Å². The summed E-state index contributed by atoms with van der Waals surface area (Å²) in [6, 6.07) is 7.89. The Balaban J connectivity index is 1.29. The summed E-state index contributed by atoms with van der Waals surface area (Å²) >= 11 is 1.52. The Morgan fingerprint density at radius 2 is 2.05 bits per heavy atom. The number of carbonyl (C=O) groups is 2. The van der Waals surface area contributed by atoms with Crippen LogP contribution < -0.4 is 5.73 Å². The first-order chi connectivity index (χ1) is 20.1. The monoisotopic (exact) mass is 592 g/mol. The van der Waals surface area contributed by atoms with Gasteiger partial charge in [0.25, 0.3) is 0 Å². The SMILES string of the molecule is C=N/C=C(/Cc1ccc([C@@H]2O[C@@H]3CC4C5CCC6=CC(=O)C=CC6(C)C5C(O)CC4(C)C3(C(=O)CO)O2)cc1)SCN. The Hall–Kier alpha value is -2.40. The summed E-state index contributed by atoms with van der Waals surface area (Å²) in [6.07, 6.45) is 8.29. The highest BCUT2D eigenvalue weighted by molar-refractivity contribution is 8.03. The van der Waals surface area contributed by atoms with Crippen molar-refractivity contribution in [3.63, 3.8) is 0 Å². The van der Waals surface area contributed by atoms with Crippen LogP contribution in [0.5, 0.6) is 0 Å². The number of fused-ring (bicyclic) bond motifs is 7. The zero-order valence-corrected chi connectivity index (χ0v) is 25.0. The molecule has 0 aromatic heterocycles. The molecule has 0 bridgehead atoms. The van der Waals surface area contributed by atoms with Crippen LogP contribution in [0.3, 0.4) is 0 Å². The van der Waals surface area contributed by atoms with Gasteiger partial charge in [-0.3, -0.25) is 14.6 Å². The van der Waals surface area contributed by atoms with Gasteiger partial charge >= 0.3 is 0 Å². The fourth-order valence-corrected chi connectivity index (χ4v) is 9.80. The number of Topliss-reactive ketones (excluding diaryl/α,β-unsaturated/α-hetero) is 1. The number of aliphatic imine (C=N–C) groups is 1. The number of nitrogens with zero attached hydrogens (tertiary/aromatic N) is 1. The molecule has 3 saturated carbocycles. The van der Waals surface area contributed by atoms with E-state index in [1.807, 2.05) is 37.3 Å². The van der Waals surface area contributed by atoms with Gasteiger partial charge < -0.3 is 25.4 Å². The van der Waals surface area contributed by atoms with Crippen LogP contribution in [0.1, 0.15) is 56.9 Å². The molecule has 1 aromatic rings. The number of rotatable bonds is 8. The quantitative estimate of drug-likeness (QED) is 0.305. The normalized spacial score (nSPS) is 40.5. The second kappa shape index (κ2) is 10.9. The molecule has 0 amide bonds. The van der Waals surface area contributed by atoms with E-state index in [9.17, 15) is 19.8 Å². The summed E-state index contributed by atoms with van der Waals surface area (Å²) < 4.78 is 13.2. The molecule has 0 spiro atoms. The van der Waals surface area contributed by atoms with Crippen LogP contribution in [0.25, 0.3) is 0 Å². The number of ether oxygens (including phenoxy) is 2. The fraction of sp³-hybridized carbons (Fsp3) is 0.545. The van der Waals surface area contributed by atoms with Crippen molar-refractivity contribution in [1.82, 2.24) is 0 Å². The molecule has 1 aromatic carbocycles. The second-order valence-electron chi connectivity index (χ2n) is 12.8. The minimum atomic E-state index is -1.36. The number of nitrogens with two attached hydrogens (primary N) is 1. The van der Waals surface area contributed by atoms with E-state index >= 15 is 0 Å². The van der Waals surface area contributed by atoms with Gasteiger partial charge in [-0.25, -0.2) is 0 Å². The van der Waals surface area contributed by atoms with E-state index in [-0.39, 0.29) is 23.5 Å². The number of benzene rings is 1. The molecule has 4 aliphatic carbocycles. The minimum Gasteiger partial charge on any atom is -0.393 e. The molecule has 9 heteroatoms. The highest BCUT2D eigenvalue weighted by atomic mass is 32.2. The number of ketones is 2. The van der Waals surface area contributed by atoms with Gasteiger partial charge in [-0.1, -0.05) is 49.8 Å². The molecule has 1 heterocycles. The summed E-state index contributed by atoms with van der Waals surface area (Å²) in [5.41, 5.74) is 6.16. The second-order valence-corrected chi connectivity index (χ2v) is 14.0. The van der Waals surface area contributed by atoms with Crippen molar-refractivity contribution >= 4 is 30.0 Å². The first kappa shape index (κ1) is 29.7. The van der Waals surface area contributed by atoms with Gasteiger partial charge in [0.2, 0.25) is 0 Å².